The summed E-state index contributed by atoms with van der Waals surface area (Å²) in [5.41, 5.74) is 0.722. The van der Waals surface area contributed by atoms with Crippen molar-refractivity contribution in [2.75, 3.05) is 6.54 Å². The predicted octanol–water partition coefficient (Wildman–Crippen LogP) is 0.603. The van der Waals surface area contributed by atoms with E-state index in [9.17, 15) is 13.6 Å². The number of benzene rings is 1. The van der Waals surface area contributed by atoms with Gasteiger partial charge in [0.25, 0.3) is 0 Å². The van der Waals surface area contributed by atoms with Crippen LogP contribution in [0.2, 0.25) is 0 Å². The molecule has 1 atom stereocenters. The lowest BCUT2D eigenvalue weighted by Crippen LogP contribution is -2.22. The average molecular weight is 226 g/mol. The average Bonchev–Trinajstić information content (AvgIpc) is 2.17. The highest BCUT2D eigenvalue weighted by molar-refractivity contribution is 7.79. The van der Waals surface area contributed by atoms with E-state index in [1.165, 1.54) is 6.92 Å². The van der Waals surface area contributed by atoms with Crippen LogP contribution in [-0.2, 0) is 22.3 Å². The Morgan fingerprint density at radius 2 is 2.13 bits per heavy atom. The van der Waals surface area contributed by atoms with Gasteiger partial charge < -0.3 is 9.87 Å². The third-order valence-electron chi connectivity index (χ3n) is 1.92. The Kier molecular flexibility index (Phi) is 4.45. The van der Waals surface area contributed by atoms with Gasteiger partial charge >= 0.3 is 0 Å². The van der Waals surface area contributed by atoms with E-state index < -0.39 is 11.1 Å². The summed E-state index contributed by atoms with van der Waals surface area (Å²) in [4.78, 5) is 10.9. The summed E-state index contributed by atoms with van der Waals surface area (Å²) in [7, 11) is 0. The molecule has 0 aliphatic carbocycles. The third-order valence-corrected chi connectivity index (χ3v) is 2.68. The van der Waals surface area contributed by atoms with Crippen molar-refractivity contribution in [2.45, 2.75) is 18.2 Å². The zero-order chi connectivity index (χ0) is 11.3. The highest BCUT2D eigenvalue weighted by Gasteiger charge is 2.01. The van der Waals surface area contributed by atoms with Crippen LogP contribution in [0.5, 0.6) is 0 Å². The van der Waals surface area contributed by atoms with Crippen molar-refractivity contribution in [2.24, 2.45) is 0 Å². The Morgan fingerprint density at radius 1 is 1.47 bits per heavy atom. The lowest BCUT2D eigenvalue weighted by Gasteiger charge is -2.11. The minimum Gasteiger partial charge on any atom is -0.768 e. The monoisotopic (exact) mass is 226 g/mol. The summed E-state index contributed by atoms with van der Waals surface area (Å²) in [6.07, 6.45) is 0.518. The van der Waals surface area contributed by atoms with Crippen LogP contribution in [0.15, 0.2) is 29.2 Å². The molecule has 0 radical (unpaired) electrons. The minimum atomic E-state index is -2.22. The first-order valence-electron chi connectivity index (χ1n) is 4.53. The number of nitrogens with one attached hydrogen (secondary N) is 1. The van der Waals surface area contributed by atoms with Gasteiger partial charge in [-0.1, -0.05) is 18.2 Å². The van der Waals surface area contributed by atoms with Crippen LogP contribution in [0.3, 0.4) is 0 Å². The Hall–Kier alpha value is -1.20. The molecule has 0 saturated heterocycles. The van der Waals surface area contributed by atoms with Gasteiger partial charge in [-0.3, -0.25) is 9.00 Å². The first-order valence-corrected chi connectivity index (χ1v) is 5.60. The lowest BCUT2D eigenvalue weighted by molar-refractivity contribution is -0.118. The van der Waals surface area contributed by atoms with Crippen molar-refractivity contribution in [3.63, 3.8) is 0 Å². The molecule has 0 bridgehead atoms. The molecule has 5 heteroatoms. The molecule has 0 saturated carbocycles. The van der Waals surface area contributed by atoms with Crippen LogP contribution in [-0.4, -0.2) is 21.2 Å². The second-order valence-corrected chi connectivity index (χ2v) is 3.98. The van der Waals surface area contributed by atoms with E-state index in [0.717, 1.165) is 5.56 Å². The van der Waals surface area contributed by atoms with Crippen LogP contribution in [0, 0.1) is 0 Å². The van der Waals surface area contributed by atoms with E-state index in [1.807, 2.05) is 0 Å². The molecule has 0 aliphatic rings. The maximum Gasteiger partial charge on any atom is 0.216 e. The summed E-state index contributed by atoms with van der Waals surface area (Å²) in [6.45, 7) is 1.88. The van der Waals surface area contributed by atoms with E-state index >= 15 is 0 Å². The van der Waals surface area contributed by atoms with Gasteiger partial charge in [0.1, 0.15) is 0 Å². The molecule has 1 rings (SSSR count). The quantitative estimate of drug-likeness (QED) is 0.764. The first-order chi connectivity index (χ1) is 7.11. The maximum absolute atomic E-state index is 10.8. The highest BCUT2D eigenvalue weighted by atomic mass is 32.2. The Balaban J connectivity index is 2.67. The van der Waals surface area contributed by atoms with Crippen molar-refractivity contribution >= 4 is 17.0 Å². The molecule has 0 aliphatic heterocycles. The van der Waals surface area contributed by atoms with Gasteiger partial charge in [-0.25, -0.2) is 0 Å². The predicted molar refractivity (Wildman–Crippen MR) is 56.0 cm³/mol. The van der Waals surface area contributed by atoms with Crippen LogP contribution >= 0.6 is 0 Å². The fourth-order valence-corrected chi connectivity index (χ4v) is 1.82. The molecule has 1 unspecified atom stereocenters. The summed E-state index contributed by atoms with van der Waals surface area (Å²) in [5.74, 6) is -0.115. The number of carbonyl (C=O) groups is 1. The van der Waals surface area contributed by atoms with Crippen LogP contribution < -0.4 is 5.32 Å². The molecule has 82 valence electrons. The van der Waals surface area contributed by atoms with Crippen molar-refractivity contribution in [3.05, 3.63) is 29.8 Å². The van der Waals surface area contributed by atoms with Crippen LogP contribution in [0.1, 0.15) is 12.5 Å². The molecule has 0 aromatic heterocycles. The third kappa shape index (κ3) is 3.81. The molecule has 1 amide bonds. The number of amides is 1. The normalized spacial score (nSPS) is 12.1. The molecule has 1 aromatic carbocycles. The second-order valence-electron chi connectivity index (χ2n) is 3.08. The van der Waals surface area contributed by atoms with Crippen LogP contribution in [0.4, 0.5) is 0 Å². The van der Waals surface area contributed by atoms with Gasteiger partial charge in [0.05, 0.1) is 0 Å². The van der Waals surface area contributed by atoms with Gasteiger partial charge in [-0.15, -0.1) is 0 Å². The van der Waals surface area contributed by atoms with Crippen molar-refractivity contribution < 1.29 is 13.6 Å². The molecule has 1 N–H and O–H groups in total. The van der Waals surface area contributed by atoms with Crippen molar-refractivity contribution in [1.82, 2.24) is 5.32 Å². The zero-order valence-electron chi connectivity index (χ0n) is 8.36. The fourth-order valence-electron chi connectivity index (χ4n) is 1.25. The summed E-state index contributed by atoms with van der Waals surface area (Å²) < 4.78 is 21.7. The SMILES string of the molecule is CC(=O)NCCc1ccccc1S(=O)[O-]. The van der Waals surface area contributed by atoms with Gasteiger partial charge in [-0.2, -0.15) is 0 Å². The van der Waals surface area contributed by atoms with Gasteiger partial charge in [0.15, 0.2) is 0 Å². The number of rotatable bonds is 4. The largest absolute Gasteiger partial charge is 0.768 e. The first kappa shape index (κ1) is 11.9. The van der Waals surface area contributed by atoms with E-state index in [1.54, 1.807) is 24.3 Å². The summed E-state index contributed by atoms with van der Waals surface area (Å²) >= 11 is -2.22. The molecule has 1 aromatic rings. The molecular formula is C10H12NO3S-. The topological polar surface area (TPSA) is 69.2 Å². The maximum atomic E-state index is 10.8. The molecule has 0 spiro atoms. The Labute approximate surface area is 91.0 Å². The number of carbonyl (C=O) groups excluding carboxylic acids is 1. The standard InChI is InChI=1S/C10H13NO3S/c1-8(12)11-7-6-9-4-2-3-5-10(9)15(13)14/h2-5H,6-7H2,1H3,(H,11,12)(H,13,14)/p-1. The lowest BCUT2D eigenvalue weighted by atomic mass is 10.1. The second kappa shape index (κ2) is 5.63. The molecular weight excluding hydrogens is 214 g/mol. The molecule has 0 heterocycles. The summed E-state index contributed by atoms with van der Waals surface area (Å²) in [6, 6.07) is 6.74. The van der Waals surface area contributed by atoms with E-state index in [4.69, 9.17) is 0 Å². The summed E-state index contributed by atoms with van der Waals surface area (Å²) in [5, 5.41) is 2.62. The van der Waals surface area contributed by atoms with Crippen molar-refractivity contribution in [3.8, 4) is 0 Å². The van der Waals surface area contributed by atoms with E-state index in [2.05, 4.69) is 5.32 Å². The number of hydrogen-bond donors (Lipinski definition) is 1. The van der Waals surface area contributed by atoms with Gasteiger partial charge in [0.2, 0.25) is 5.91 Å². The van der Waals surface area contributed by atoms with Crippen LogP contribution in [0.25, 0.3) is 0 Å². The highest BCUT2D eigenvalue weighted by Crippen LogP contribution is 2.12. The molecule has 0 fully saturated rings. The number of hydrogen-bond acceptors (Lipinski definition) is 3. The smallest absolute Gasteiger partial charge is 0.216 e. The van der Waals surface area contributed by atoms with Crippen molar-refractivity contribution in [1.29, 1.82) is 0 Å². The Morgan fingerprint density at radius 3 is 2.73 bits per heavy atom. The zero-order valence-corrected chi connectivity index (χ0v) is 9.17. The molecule has 15 heavy (non-hydrogen) atoms. The molecule has 4 nitrogen and oxygen atoms in total. The van der Waals surface area contributed by atoms with Gasteiger partial charge in [0, 0.05) is 18.4 Å². The minimum absolute atomic E-state index is 0.115. The van der Waals surface area contributed by atoms with E-state index in [-0.39, 0.29) is 5.91 Å². The van der Waals surface area contributed by atoms with E-state index in [0.29, 0.717) is 17.9 Å². The van der Waals surface area contributed by atoms with Gasteiger partial charge in [-0.05, 0) is 29.1 Å². The fraction of sp³-hybridized carbons (Fsp3) is 0.300. The Bertz CT molecular complexity index is 379.